The fourth-order valence-corrected chi connectivity index (χ4v) is 2.13. The highest BCUT2D eigenvalue weighted by molar-refractivity contribution is 5.71. The van der Waals surface area contributed by atoms with E-state index in [4.69, 9.17) is 9.84 Å². The summed E-state index contributed by atoms with van der Waals surface area (Å²) in [5.74, 6) is -1.11. The Morgan fingerprint density at radius 1 is 1.60 bits per heavy atom. The lowest BCUT2D eigenvalue weighted by Gasteiger charge is -2.31. The highest BCUT2D eigenvalue weighted by Crippen LogP contribution is 2.21. The minimum atomic E-state index is -0.743. The van der Waals surface area contributed by atoms with Crippen LogP contribution in [0.15, 0.2) is 0 Å². The van der Waals surface area contributed by atoms with Crippen LogP contribution in [0, 0.1) is 5.92 Å². The number of carbonyl (C=O) groups is 1. The predicted molar refractivity (Wildman–Crippen MR) is 57.9 cm³/mol. The van der Waals surface area contributed by atoms with Crippen LogP contribution in [0.3, 0.4) is 0 Å². The van der Waals surface area contributed by atoms with Crippen molar-refractivity contribution in [1.82, 2.24) is 4.90 Å². The summed E-state index contributed by atoms with van der Waals surface area (Å²) in [6.07, 6.45) is 2.22. The average Bonchev–Trinajstić information content (AvgIpc) is 2.65. The van der Waals surface area contributed by atoms with E-state index in [1.165, 1.54) is 0 Å². The third-order valence-corrected chi connectivity index (χ3v) is 3.29. The maximum Gasteiger partial charge on any atom is 0.310 e. The SMILES string of the molecule is CCCC(C)N(C)C1COCC1C(=O)O. The van der Waals surface area contributed by atoms with Crippen LogP contribution in [0.25, 0.3) is 0 Å². The van der Waals surface area contributed by atoms with Crippen LogP contribution in [-0.4, -0.2) is 48.3 Å². The molecule has 0 aromatic carbocycles. The molecule has 0 aliphatic carbocycles. The van der Waals surface area contributed by atoms with Crippen molar-refractivity contribution in [3.8, 4) is 0 Å². The quantitative estimate of drug-likeness (QED) is 0.749. The standard InChI is InChI=1S/C11H21NO3/c1-4-5-8(2)12(3)10-7-15-6-9(10)11(13)14/h8-10H,4-7H2,1-3H3,(H,13,14). The van der Waals surface area contributed by atoms with Crippen molar-refractivity contribution < 1.29 is 14.6 Å². The van der Waals surface area contributed by atoms with Crippen LogP contribution < -0.4 is 0 Å². The van der Waals surface area contributed by atoms with E-state index in [0.29, 0.717) is 19.3 Å². The first-order valence-corrected chi connectivity index (χ1v) is 5.60. The van der Waals surface area contributed by atoms with Crippen molar-refractivity contribution >= 4 is 5.97 Å². The lowest BCUT2D eigenvalue weighted by Crippen LogP contribution is -2.45. The normalized spacial score (nSPS) is 28.3. The highest BCUT2D eigenvalue weighted by Gasteiger charge is 2.37. The van der Waals surface area contributed by atoms with Gasteiger partial charge in [-0.1, -0.05) is 13.3 Å². The summed E-state index contributed by atoms with van der Waals surface area (Å²) >= 11 is 0. The minimum absolute atomic E-state index is 0.0315. The predicted octanol–water partition coefficient (Wildman–Crippen LogP) is 1.21. The van der Waals surface area contributed by atoms with Crippen molar-refractivity contribution in [2.75, 3.05) is 20.3 Å². The molecule has 1 fully saturated rings. The Morgan fingerprint density at radius 2 is 2.27 bits per heavy atom. The van der Waals surface area contributed by atoms with Gasteiger partial charge in [-0.15, -0.1) is 0 Å². The Labute approximate surface area is 91.2 Å². The molecule has 0 aromatic rings. The van der Waals surface area contributed by atoms with Crippen molar-refractivity contribution in [1.29, 1.82) is 0 Å². The Bertz CT molecular complexity index is 220. The highest BCUT2D eigenvalue weighted by atomic mass is 16.5. The van der Waals surface area contributed by atoms with Crippen LogP contribution in [-0.2, 0) is 9.53 Å². The number of carboxylic acid groups (broad SMARTS) is 1. The van der Waals surface area contributed by atoms with Gasteiger partial charge in [-0.3, -0.25) is 9.69 Å². The monoisotopic (exact) mass is 215 g/mol. The summed E-state index contributed by atoms with van der Waals surface area (Å²) in [6.45, 7) is 5.18. The van der Waals surface area contributed by atoms with Crippen LogP contribution >= 0.6 is 0 Å². The molecule has 88 valence electrons. The first-order valence-electron chi connectivity index (χ1n) is 5.60. The zero-order valence-electron chi connectivity index (χ0n) is 9.77. The maximum absolute atomic E-state index is 11.0. The summed E-state index contributed by atoms with van der Waals surface area (Å²) < 4.78 is 5.26. The number of ether oxygens (including phenoxy) is 1. The summed E-state index contributed by atoms with van der Waals surface area (Å²) in [4.78, 5) is 13.1. The Balaban J connectivity index is 2.57. The molecule has 0 amide bonds. The Kier molecular flexibility index (Phi) is 4.54. The van der Waals surface area contributed by atoms with E-state index in [2.05, 4.69) is 18.7 Å². The van der Waals surface area contributed by atoms with E-state index in [-0.39, 0.29) is 12.0 Å². The third kappa shape index (κ3) is 2.92. The number of hydrogen-bond acceptors (Lipinski definition) is 3. The molecule has 1 aliphatic heterocycles. The summed E-state index contributed by atoms with van der Waals surface area (Å²) in [5.41, 5.74) is 0. The number of nitrogens with zero attached hydrogens (tertiary/aromatic N) is 1. The lowest BCUT2D eigenvalue weighted by atomic mass is 10.0. The first kappa shape index (κ1) is 12.5. The lowest BCUT2D eigenvalue weighted by molar-refractivity contribution is -0.143. The second-order valence-electron chi connectivity index (χ2n) is 4.35. The van der Waals surface area contributed by atoms with Crippen LogP contribution in [0.4, 0.5) is 0 Å². The van der Waals surface area contributed by atoms with Crippen molar-refractivity contribution in [2.24, 2.45) is 5.92 Å². The van der Waals surface area contributed by atoms with Gasteiger partial charge in [0.15, 0.2) is 0 Å². The van der Waals surface area contributed by atoms with Gasteiger partial charge < -0.3 is 9.84 Å². The molecule has 1 rings (SSSR count). The number of likely N-dealkylation sites (N-methyl/N-ethyl adjacent to an activating group) is 1. The van der Waals surface area contributed by atoms with Gasteiger partial charge >= 0.3 is 5.97 Å². The van der Waals surface area contributed by atoms with Gasteiger partial charge in [-0.2, -0.15) is 0 Å². The van der Waals surface area contributed by atoms with Gasteiger partial charge in [0.2, 0.25) is 0 Å². The van der Waals surface area contributed by atoms with Gasteiger partial charge in [-0.25, -0.2) is 0 Å². The second kappa shape index (κ2) is 5.47. The van der Waals surface area contributed by atoms with Gasteiger partial charge in [0.05, 0.1) is 19.1 Å². The van der Waals surface area contributed by atoms with Crippen LogP contribution in [0.5, 0.6) is 0 Å². The molecule has 1 aliphatic rings. The zero-order valence-corrected chi connectivity index (χ0v) is 9.77. The van der Waals surface area contributed by atoms with Crippen molar-refractivity contribution in [3.05, 3.63) is 0 Å². The molecule has 0 bridgehead atoms. The summed E-state index contributed by atoms with van der Waals surface area (Å²) in [6, 6.07) is 0.451. The molecule has 0 aromatic heterocycles. The molecular weight excluding hydrogens is 194 g/mol. The van der Waals surface area contributed by atoms with Gasteiger partial charge in [0.1, 0.15) is 0 Å². The van der Waals surface area contributed by atoms with E-state index in [1.54, 1.807) is 0 Å². The van der Waals surface area contributed by atoms with Crippen molar-refractivity contribution in [2.45, 2.75) is 38.8 Å². The number of hydrogen-bond donors (Lipinski definition) is 1. The number of aliphatic carboxylic acids is 1. The molecule has 0 radical (unpaired) electrons. The Morgan fingerprint density at radius 3 is 2.80 bits per heavy atom. The van der Waals surface area contributed by atoms with E-state index in [9.17, 15) is 4.79 Å². The molecule has 4 nitrogen and oxygen atoms in total. The maximum atomic E-state index is 11.0. The number of carboxylic acids is 1. The molecule has 3 atom stereocenters. The molecule has 0 spiro atoms. The molecule has 15 heavy (non-hydrogen) atoms. The van der Waals surface area contributed by atoms with E-state index in [0.717, 1.165) is 12.8 Å². The summed E-state index contributed by atoms with van der Waals surface area (Å²) in [7, 11) is 2.00. The second-order valence-corrected chi connectivity index (χ2v) is 4.35. The average molecular weight is 215 g/mol. The molecular formula is C11H21NO3. The fraction of sp³-hybridized carbons (Fsp3) is 0.909. The third-order valence-electron chi connectivity index (χ3n) is 3.29. The molecule has 1 saturated heterocycles. The van der Waals surface area contributed by atoms with E-state index in [1.807, 2.05) is 7.05 Å². The van der Waals surface area contributed by atoms with Gasteiger partial charge in [0, 0.05) is 12.1 Å². The molecule has 1 N–H and O–H groups in total. The van der Waals surface area contributed by atoms with E-state index >= 15 is 0 Å². The van der Waals surface area contributed by atoms with Gasteiger partial charge in [0.25, 0.3) is 0 Å². The molecule has 3 unspecified atom stereocenters. The smallest absolute Gasteiger partial charge is 0.310 e. The van der Waals surface area contributed by atoms with Crippen LogP contribution in [0.1, 0.15) is 26.7 Å². The summed E-state index contributed by atoms with van der Waals surface area (Å²) in [5, 5.41) is 9.04. The van der Waals surface area contributed by atoms with Crippen molar-refractivity contribution in [3.63, 3.8) is 0 Å². The van der Waals surface area contributed by atoms with Gasteiger partial charge in [-0.05, 0) is 20.4 Å². The first-order chi connectivity index (χ1) is 7.07. The zero-order chi connectivity index (χ0) is 11.4. The topological polar surface area (TPSA) is 49.8 Å². The fourth-order valence-electron chi connectivity index (χ4n) is 2.13. The van der Waals surface area contributed by atoms with Crippen LogP contribution in [0.2, 0.25) is 0 Å². The molecule has 0 saturated carbocycles. The minimum Gasteiger partial charge on any atom is -0.481 e. The largest absolute Gasteiger partial charge is 0.481 e. The van der Waals surface area contributed by atoms with E-state index < -0.39 is 5.97 Å². The Hall–Kier alpha value is -0.610. The molecule has 4 heteroatoms. The number of rotatable bonds is 5. The molecule has 1 heterocycles.